The van der Waals surface area contributed by atoms with Gasteiger partial charge in [0, 0.05) is 41.5 Å². The van der Waals surface area contributed by atoms with E-state index in [4.69, 9.17) is 0 Å². The van der Waals surface area contributed by atoms with Crippen LogP contribution in [0.5, 0.6) is 0 Å². The zero-order valence-electron chi connectivity index (χ0n) is 12.3. The third-order valence-corrected chi connectivity index (χ3v) is 5.68. The average Bonchev–Trinajstić information content (AvgIpc) is 3.25. The van der Waals surface area contributed by atoms with Crippen LogP contribution >= 0.6 is 11.3 Å². The van der Waals surface area contributed by atoms with Gasteiger partial charge in [-0.2, -0.15) is 0 Å². The molecule has 0 saturated carbocycles. The van der Waals surface area contributed by atoms with Crippen molar-refractivity contribution < 1.29 is 4.79 Å². The Morgan fingerprint density at radius 2 is 2.09 bits per heavy atom. The molecule has 2 saturated heterocycles. The summed E-state index contributed by atoms with van der Waals surface area (Å²) in [6.07, 6.45) is 13.8. The highest BCUT2D eigenvalue weighted by Gasteiger charge is 2.42. The van der Waals surface area contributed by atoms with Gasteiger partial charge in [-0.15, -0.1) is 11.3 Å². The van der Waals surface area contributed by atoms with E-state index < -0.39 is 0 Å². The van der Waals surface area contributed by atoms with Gasteiger partial charge in [-0.1, -0.05) is 6.07 Å². The lowest BCUT2D eigenvalue weighted by Crippen LogP contribution is -2.46. The molecule has 2 atom stereocenters. The lowest BCUT2D eigenvalue weighted by Gasteiger charge is -2.38. The Morgan fingerprint density at radius 1 is 1.27 bits per heavy atom. The van der Waals surface area contributed by atoms with Gasteiger partial charge in [0.1, 0.15) is 0 Å². The second-order valence-corrected chi connectivity index (χ2v) is 7.09. The molecule has 0 aromatic carbocycles. The molecule has 1 amide bonds. The number of imidazole rings is 1. The first-order chi connectivity index (χ1) is 10.8. The summed E-state index contributed by atoms with van der Waals surface area (Å²) in [6, 6.07) is 5.30. The first-order valence-corrected chi connectivity index (χ1v) is 8.70. The molecule has 0 aliphatic carbocycles. The first kappa shape index (κ1) is 13.8. The minimum absolute atomic E-state index is 0.171. The van der Waals surface area contributed by atoms with Gasteiger partial charge in [0.25, 0.3) is 0 Å². The lowest BCUT2D eigenvalue weighted by molar-refractivity contribution is -0.130. The first-order valence-electron chi connectivity index (χ1n) is 7.82. The number of hydrogen-bond donors (Lipinski definition) is 0. The summed E-state index contributed by atoms with van der Waals surface area (Å²) in [5.41, 5.74) is 0. The highest BCUT2D eigenvalue weighted by molar-refractivity contribution is 7.10. The van der Waals surface area contributed by atoms with Crippen molar-refractivity contribution in [2.45, 2.75) is 43.8 Å². The summed E-state index contributed by atoms with van der Waals surface area (Å²) in [5.74, 6) is 0.171. The van der Waals surface area contributed by atoms with Gasteiger partial charge < -0.3 is 9.47 Å². The van der Waals surface area contributed by atoms with Crippen LogP contribution in [0.25, 0.3) is 6.08 Å². The van der Waals surface area contributed by atoms with E-state index in [1.165, 1.54) is 0 Å². The van der Waals surface area contributed by atoms with E-state index in [-0.39, 0.29) is 5.91 Å². The molecule has 4 nitrogen and oxygen atoms in total. The molecular formula is C17H19N3OS. The molecule has 4 heterocycles. The molecule has 2 bridgehead atoms. The van der Waals surface area contributed by atoms with E-state index in [0.717, 1.165) is 30.6 Å². The maximum absolute atomic E-state index is 12.6. The zero-order valence-corrected chi connectivity index (χ0v) is 13.2. The number of carbonyl (C=O) groups excluding carboxylic acids is 1. The number of rotatable bonds is 3. The summed E-state index contributed by atoms with van der Waals surface area (Å²) in [4.78, 5) is 20.0. The van der Waals surface area contributed by atoms with Crippen molar-refractivity contribution in [3.8, 4) is 0 Å². The van der Waals surface area contributed by atoms with Crippen LogP contribution in [0.1, 0.15) is 36.6 Å². The summed E-state index contributed by atoms with van der Waals surface area (Å²) in [5, 5.41) is 2.03. The maximum atomic E-state index is 12.6. The number of nitrogens with zero attached hydrogens (tertiary/aromatic N) is 3. The van der Waals surface area contributed by atoms with E-state index in [1.54, 1.807) is 17.4 Å². The summed E-state index contributed by atoms with van der Waals surface area (Å²) < 4.78 is 2.20. The number of hydrogen-bond acceptors (Lipinski definition) is 3. The number of thiophene rings is 1. The Balaban J connectivity index is 1.47. The molecule has 2 fully saturated rings. The van der Waals surface area contributed by atoms with Gasteiger partial charge in [-0.3, -0.25) is 4.79 Å². The minimum atomic E-state index is 0.171. The molecule has 4 rings (SSSR count). The third-order valence-electron chi connectivity index (χ3n) is 4.84. The van der Waals surface area contributed by atoms with Crippen LogP contribution in [0.3, 0.4) is 0 Å². The SMILES string of the molecule is O=C(/C=C/c1cccs1)N1C2CCC1CC(n1ccnc1)C2. The molecule has 0 radical (unpaired) electrons. The van der Waals surface area contributed by atoms with Crippen molar-refractivity contribution >= 4 is 23.3 Å². The van der Waals surface area contributed by atoms with Crippen molar-refractivity contribution in [2.75, 3.05) is 0 Å². The van der Waals surface area contributed by atoms with Crippen molar-refractivity contribution in [3.63, 3.8) is 0 Å². The molecule has 22 heavy (non-hydrogen) atoms. The fraction of sp³-hybridized carbons (Fsp3) is 0.412. The minimum Gasteiger partial charge on any atom is -0.334 e. The van der Waals surface area contributed by atoms with Crippen LogP contribution in [0.4, 0.5) is 0 Å². The van der Waals surface area contributed by atoms with Gasteiger partial charge in [-0.05, 0) is 43.2 Å². The van der Waals surface area contributed by atoms with Crippen molar-refractivity contribution in [3.05, 3.63) is 47.2 Å². The highest BCUT2D eigenvalue weighted by Crippen LogP contribution is 2.40. The van der Waals surface area contributed by atoms with E-state index >= 15 is 0 Å². The van der Waals surface area contributed by atoms with Gasteiger partial charge in [0.2, 0.25) is 5.91 Å². The van der Waals surface area contributed by atoms with Crippen molar-refractivity contribution in [1.82, 2.24) is 14.5 Å². The molecule has 2 aromatic heterocycles. The highest BCUT2D eigenvalue weighted by atomic mass is 32.1. The molecule has 0 spiro atoms. The normalized spacial score (nSPS) is 27.6. The fourth-order valence-electron chi connectivity index (χ4n) is 3.86. The topological polar surface area (TPSA) is 38.1 Å². The number of carbonyl (C=O) groups is 1. The van der Waals surface area contributed by atoms with E-state index in [2.05, 4.69) is 14.5 Å². The van der Waals surface area contributed by atoms with Crippen LogP contribution < -0.4 is 0 Å². The van der Waals surface area contributed by atoms with Crippen molar-refractivity contribution in [1.29, 1.82) is 0 Å². The summed E-state index contributed by atoms with van der Waals surface area (Å²) in [6.45, 7) is 0. The van der Waals surface area contributed by atoms with Gasteiger partial charge in [0.05, 0.1) is 6.33 Å². The van der Waals surface area contributed by atoms with Gasteiger partial charge >= 0.3 is 0 Å². The Hall–Kier alpha value is -1.88. The number of piperidine rings is 1. The number of aromatic nitrogens is 2. The number of amides is 1. The molecular weight excluding hydrogens is 294 g/mol. The Bertz CT molecular complexity index is 648. The molecule has 2 aromatic rings. The predicted molar refractivity (Wildman–Crippen MR) is 87.5 cm³/mol. The Kier molecular flexibility index (Phi) is 3.58. The molecule has 2 aliphatic heterocycles. The molecule has 2 aliphatic rings. The monoisotopic (exact) mass is 313 g/mol. The van der Waals surface area contributed by atoms with Crippen molar-refractivity contribution in [2.24, 2.45) is 0 Å². The second kappa shape index (κ2) is 5.72. The Labute approximate surface area is 134 Å². The maximum Gasteiger partial charge on any atom is 0.247 e. The molecule has 114 valence electrons. The fourth-order valence-corrected chi connectivity index (χ4v) is 4.48. The zero-order chi connectivity index (χ0) is 14.9. The van der Waals surface area contributed by atoms with E-state index in [9.17, 15) is 4.79 Å². The average molecular weight is 313 g/mol. The molecule has 2 unspecified atom stereocenters. The summed E-state index contributed by atoms with van der Waals surface area (Å²) >= 11 is 1.66. The smallest absolute Gasteiger partial charge is 0.247 e. The van der Waals surface area contributed by atoms with Gasteiger partial charge in [0.15, 0.2) is 0 Å². The van der Waals surface area contributed by atoms with Crippen LogP contribution in [0, 0.1) is 0 Å². The van der Waals surface area contributed by atoms with Gasteiger partial charge in [-0.25, -0.2) is 4.98 Å². The predicted octanol–water partition coefficient (Wildman–Crippen LogP) is 3.35. The second-order valence-electron chi connectivity index (χ2n) is 6.11. The standard InChI is InChI=1S/C17H19N3OS/c21-17(6-5-16-2-1-9-22-16)20-13-3-4-14(20)11-15(10-13)19-8-7-18-12-19/h1-2,5-9,12-15H,3-4,10-11H2/b6-5+. The Morgan fingerprint density at radius 3 is 2.73 bits per heavy atom. The summed E-state index contributed by atoms with van der Waals surface area (Å²) in [7, 11) is 0. The largest absolute Gasteiger partial charge is 0.334 e. The molecule has 0 N–H and O–H groups in total. The van der Waals surface area contributed by atoms with Crippen LogP contribution in [0.15, 0.2) is 42.3 Å². The number of fused-ring (bicyclic) bond motifs is 2. The van der Waals surface area contributed by atoms with E-state index in [1.807, 2.05) is 42.3 Å². The van der Waals surface area contributed by atoms with Crippen LogP contribution in [0.2, 0.25) is 0 Å². The molecule has 5 heteroatoms. The quantitative estimate of drug-likeness (QED) is 0.815. The van der Waals surface area contributed by atoms with E-state index in [0.29, 0.717) is 18.1 Å². The van der Waals surface area contributed by atoms with Crippen LogP contribution in [-0.2, 0) is 4.79 Å². The third kappa shape index (κ3) is 2.50. The lowest BCUT2D eigenvalue weighted by atomic mass is 9.97. The van der Waals surface area contributed by atoms with Crippen LogP contribution in [-0.4, -0.2) is 32.4 Å².